The van der Waals surface area contributed by atoms with Crippen LogP contribution >= 0.6 is 0 Å². The minimum atomic E-state index is 0.0597. The van der Waals surface area contributed by atoms with Crippen molar-refractivity contribution in [2.45, 2.75) is 25.3 Å². The van der Waals surface area contributed by atoms with Crippen molar-refractivity contribution in [3.05, 3.63) is 23.8 Å². The summed E-state index contributed by atoms with van der Waals surface area (Å²) in [5, 5.41) is 3.29. The van der Waals surface area contributed by atoms with Gasteiger partial charge in [-0.25, -0.2) is 0 Å². The third kappa shape index (κ3) is 2.19. The summed E-state index contributed by atoms with van der Waals surface area (Å²) in [7, 11) is 2.00. The van der Waals surface area contributed by atoms with Crippen LogP contribution in [0, 0.1) is 5.41 Å². The Balaban J connectivity index is 1.85. The molecule has 1 fully saturated rings. The molecule has 19 heavy (non-hydrogen) atoms. The Kier molecular flexibility index (Phi) is 3.37. The van der Waals surface area contributed by atoms with Gasteiger partial charge in [0.25, 0.3) is 0 Å². The topological polar surface area (TPSA) is 56.5 Å². The highest BCUT2D eigenvalue weighted by molar-refractivity contribution is 5.45. The lowest BCUT2D eigenvalue weighted by Crippen LogP contribution is -2.46. The Bertz CT molecular complexity index is 457. The van der Waals surface area contributed by atoms with E-state index in [2.05, 4.69) is 17.4 Å². The highest BCUT2D eigenvalue weighted by atomic mass is 16.6. The van der Waals surface area contributed by atoms with E-state index in [1.165, 1.54) is 19.3 Å². The van der Waals surface area contributed by atoms with Gasteiger partial charge in [0, 0.05) is 18.0 Å². The van der Waals surface area contributed by atoms with Crippen molar-refractivity contribution in [2.75, 3.05) is 26.8 Å². The molecule has 0 bridgehead atoms. The molecule has 0 saturated heterocycles. The molecule has 3 rings (SSSR count). The first-order chi connectivity index (χ1) is 9.25. The summed E-state index contributed by atoms with van der Waals surface area (Å²) in [6, 6.07) is 6.17. The van der Waals surface area contributed by atoms with Crippen molar-refractivity contribution in [1.29, 1.82) is 0 Å². The van der Waals surface area contributed by atoms with E-state index in [-0.39, 0.29) is 11.5 Å². The van der Waals surface area contributed by atoms with Crippen LogP contribution < -0.4 is 20.5 Å². The molecule has 0 radical (unpaired) electrons. The van der Waals surface area contributed by atoms with Crippen LogP contribution in [0.25, 0.3) is 0 Å². The zero-order valence-corrected chi connectivity index (χ0v) is 11.4. The Morgan fingerprint density at radius 2 is 2.00 bits per heavy atom. The molecule has 1 saturated carbocycles. The SMILES string of the molecule is CNCC1(C(N)c2ccc3c(c2)OCCO3)CCC1. The second kappa shape index (κ2) is 5.02. The molecule has 0 amide bonds. The van der Waals surface area contributed by atoms with Crippen molar-refractivity contribution in [1.82, 2.24) is 5.32 Å². The van der Waals surface area contributed by atoms with Gasteiger partial charge in [0.2, 0.25) is 0 Å². The Morgan fingerprint density at radius 3 is 2.63 bits per heavy atom. The molecule has 1 aromatic carbocycles. The maximum atomic E-state index is 6.52. The van der Waals surface area contributed by atoms with Crippen molar-refractivity contribution in [2.24, 2.45) is 11.1 Å². The maximum absolute atomic E-state index is 6.52. The second-order valence-electron chi connectivity index (χ2n) is 5.63. The highest BCUT2D eigenvalue weighted by Gasteiger charge is 2.42. The average molecular weight is 262 g/mol. The lowest BCUT2D eigenvalue weighted by atomic mass is 9.62. The molecule has 1 aromatic rings. The van der Waals surface area contributed by atoms with Gasteiger partial charge in [-0.2, -0.15) is 0 Å². The second-order valence-corrected chi connectivity index (χ2v) is 5.63. The van der Waals surface area contributed by atoms with E-state index in [9.17, 15) is 0 Å². The van der Waals surface area contributed by atoms with Crippen molar-refractivity contribution >= 4 is 0 Å². The molecular formula is C15H22N2O2. The van der Waals surface area contributed by atoms with Gasteiger partial charge < -0.3 is 20.5 Å². The summed E-state index contributed by atoms with van der Waals surface area (Å²) in [5.41, 5.74) is 7.88. The highest BCUT2D eigenvalue weighted by Crippen LogP contribution is 2.49. The number of hydrogen-bond donors (Lipinski definition) is 2. The van der Waals surface area contributed by atoms with Crippen LogP contribution in [0.5, 0.6) is 11.5 Å². The van der Waals surface area contributed by atoms with Gasteiger partial charge in [-0.3, -0.25) is 0 Å². The molecule has 3 N–H and O–H groups in total. The molecule has 1 atom stereocenters. The van der Waals surface area contributed by atoms with Gasteiger partial charge in [0.15, 0.2) is 11.5 Å². The van der Waals surface area contributed by atoms with E-state index in [0.29, 0.717) is 13.2 Å². The number of ether oxygens (including phenoxy) is 2. The van der Waals surface area contributed by atoms with Crippen LogP contribution in [0.4, 0.5) is 0 Å². The van der Waals surface area contributed by atoms with E-state index in [1.807, 2.05) is 13.1 Å². The average Bonchev–Trinajstić information content (AvgIpc) is 2.41. The van der Waals surface area contributed by atoms with Crippen LogP contribution in [0.15, 0.2) is 18.2 Å². The molecule has 1 aliphatic heterocycles. The number of rotatable bonds is 4. The Hall–Kier alpha value is -1.26. The monoisotopic (exact) mass is 262 g/mol. The van der Waals surface area contributed by atoms with Gasteiger partial charge in [0.05, 0.1) is 0 Å². The summed E-state index contributed by atoms with van der Waals surface area (Å²) in [6.07, 6.45) is 3.67. The van der Waals surface area contributed by atoms with Gasteiger partial charge in [-0.15, -0.1) is 0 Å². The molecule has 0 spiro atoms. The number of nitrogens with one attached hydrogen (secondary N) is 1. The maximum Gasteiger partial charge on any atom is 0.161 e. The van der Waals surface area contributed by atoms with Crippen LogP contribution in [-0.4, -0.2) is 26.8 Å². The normalized spacial score (nSPS) is 21.6. The van der Waals surface area contributed by atoms with E-state index >= 15 is 0 Å². The summed E-state index contributed by atoms with van der Waals surface area (Å²) >= 11 is 0. The van der Waals surface area contributed by atoms with Crippen LogP contribution in [0.2, 0.25) is 0 Å². The predicted molar refractivity (Wildman–Crippen MR) is 74.6 cm³/mol. The molecule has 104 valence electrons. The fourth-order valence-electron chi connectivity index (χ4n) is 3.19. The standard InChI is InChI=1S/C15H22N2O2/c1-17-10-15(5-2-6-15)14(16)11-3-4-12-13(9-11)19-8-7-18-12/h3-4,9,14,17H,2,5-8,10,16H2,1H3. The molecule has 2 aliphatic rings. The quantitative estimate of drug-likeness (QED) is 0.869. The lowest BCUT2D eigenvalue weighted by molar-refractivity contribution is 0.0942. The van der Waals surface area contributed by atoms with Crippen LogP contribution in [0.1, 0.15) is 30.9 Å². The summed E-state index contributed by atoms with van der Waals surface area (Å²) in [6.45, 7) is 2.22. The Labute approximate surface area is 114 Å². The molecule has 1 heterocycles. The molecule has 4 heteroatoms. The lowest BCUT2D eigenvalue weighted by Gasteiger charge is -2.46. The van der Waals surface area contributed by atoms with Gasteiger partial charge in [-0.05, 0) is 37.6 Å². The summed E-state index contributed by atoms with van der Waals surface area (Å²) in [4.78, 5) is 0. The van der Waals surface area contributed by atoms with E-state index in [4.69, 9.17) is 15.2 Å². The minimum absolute atomic E-state index is 0.0597. The third-order valence-corrected chi connectivity index (χ3v) is 4.46. The molecule has 0 aromatic heterocycles. The summed E-state index contributed by atoms with van der Waals surface area (Å²) < 4.78 is 11.2. The van der Waals surface area contributed by atoms with Crippen LogP contribution in [-0.2, 0) is 0 Å². The van der Waals surface area contributed by atoms with Crippen LogP contribution in [0.3, 0.4) is 0 Å². The van der Waals surface area contributed by atoms with Crippen molar-refractivity contribution in [3.8, 4) is 11.5 Å². The fraction of sp³-hybridized carbons (Fsp3) is 0.600. The minimum Gasteiger partial charge on any atom is -0.486 e. The first kappa shape index (κ1) is 12.8. The van der Waals surface area contributed by atoms with Gasteiger partial charge >= 0.3 is 0 Å². The third-order valence-electron chi connectivity index (χ3n) is 4.46. The van der Waals surface area contributed by atoms with Crippen molar-refractivity contribution < 1.29 is 9.47 Å². The van der Waals surface area contributed by atoms with E-state index in [1.54, 1.807) is 0 Å². The summed E-state index contributed by atoms with van der Waals surface area (Å²) in [5.74, 6) is 1.66. The first-order valence-corrected chi connectivity index (χ1v) is 7.05. The van der Waals surface area contributed by atoms with Gasteiger partial charge in [-0.1, -0.05) is 12.5 Å². The molecular weight excluding hydrogens is 240 g/mol. The molecule has 1 aliphatic carbocycles. The Morgan fingerprint density at radius 1 is 1.26 bits per heavy atom. The number of fused-ring (bicyclic) bond motifs is 1. The number of benzene rings is 1. The largest absolute Gasteiger partial charge is 0.486 e. The molecule has 1 unspecified atom stereocenters. The smallest absolute Gasteiger partial charge is 0.161 e. The predicted octanol–water partition coefficient (Wildman–Crippen LogP) is 1.85. The zero-order valence-electron chi connectivity index (χ0n) is 11.4. The van der Waals surface area contributed by atoms with Crippen molar-refractivity contribution in [3.63, 3.8) is 0 Å². The number of hydrogen-bond acceptors (Lipinski definition) is 4. The van der Waals surface area contributed by atoms with Gasteiger partial charge in [0.1, 0.15) is 13.2 Å². The zero-order chi connectivity index (χ0) is 13.3. The van der Waals surface area contributed by atoms with E-state index in [0.717, 1.165) is 23.6 Å². The van der Waals surface area contributed by atoms with E-state index < -0.39 is 0 Å². The fourth-order valence-corrected chi connectivity index (χ4v) is 3.19. The molecule has 4 nitrogen and oxygen atoms in total. The number of nitrogens with two attached hydrogens (primary N) is 1. The first-order valence-electron chi connectivity index (χ1n) is 7.05.